The van der Waals surface area contributed by atoms with Crippen LogP contribution < -0.4 is 5.32 Å². The van der Waals surface area contributed by atoms with Gasteiger partial charge in [-0.1, -0.05) is 12.1 Å². The minimum atomic E-state index is -0.212. The predicted octanol–water partition coefficient (Wildman–Crippen LogP) is 3.13. The van der Waals surface area contributed by atoms with E-state index in [9.17, 15) is 4.39 Å². The third-order valence-electron chi connectivity index (χ3n) is 3.28. The molecule has 0 radical (unpaired) electrons. The second-order valence-electron chi connectivity index (χ2n) is 4.57. The van der Waals surface area contributed by atoms with Gasteiger partial charge in [0.05, 0.1) is 15.9 Å². The maximum Gasteiger partial charge on any atom is 0.123 e. The molecule has 102 valence electrons. The van der Waals surface area contributed by atoms with Gasteiger partial charge in [-0.15, -0.1) is 0 Å². The van der Waals surface area contributed by atoms with E-state index in [4.69, 9.17) is 0 Å². The van der Waals surface area contributed by atoms with Crippen LogP contribution in [0.25, 0.3) is 0 Å². The molecule has 3 nitrogen and oxygen atoms in total. The molecule has 0 aliphatic heterocycles. The lowest BCUT2D eigenvalue weighted by Gasteiger charge is -2.17. The van der Waals surface area contributed by atoms with Gasteiger partial charge in [0, 0.05) is 19.5 Å². The summed E-state index contributed by atoms with van der Waals surface area (Å²) >= 11 is 3.57. The fourth-order valence-electron chi connectivity index (χ4n) is 2.18. The molecule has 19 heavy (non-hydrogen) atoms. The van der Waals surface area contributed by atoms with Crippen LogP contribution in [-0.2, 0) is 13.5 Å². The second kappa shape index (κ2) is 5.84. The Morgan fingerprint density at radius 2 is 2.00 bits per heavy atom. The molecule has 1 aromatic carbocycles. The van der Waals surface area contributed by atoms with Gasteiger partial charge in [-0.25, -0.2) is 4.39 Å². The lowest BCUT2D eigenvalue weighted by molar-refractivity contribution is 0.557. The highest BCUT2D eigenvalue weighted by Crippen LogP contribution is 2.26. The zero-order chi connectivity index (χ0) is 14.0. The van der Waals surface area contributed by atoms with Gasteiger partial charge in [0.15, 0.2) is 0 Å². The van der Waals surface area contributed by atoms with E-state index in [1.54, 1.807) is 0 Å². The molecule has 2 aromatic rings. The van der Waals surface area contributed by atoms with Gasteiger partial charge in [0.2, 0.25) is 0 Å². The molecule has 0 saturated heterocycles. The summed E-state index contributed by atoms with van der Waals surface area (Å²) < 4.78 is 15.9. The quantitative estimate of drug-likeness (QED) is 0.935. The highest BCUT2D eigenvalue weighted by atomic mass is 79.9. The van der Waals surface area contributed by atoms with Gasteiger partial charge in [-0.3, -0.25) is 4.68 Å². The van der Waals surface area contributed by atoms with E-state index in [0.29, 0.717) is 0 Å². The Balaban J connectivity index is 2.26. The Morgan fingerprint density at radius 3 is 2.47 bits per heavy atom. The average molecular weight is 326 g/mol. The number of hydrogen-bond acceptors (Lipinski definition) is 2. The summed E-state index contributed by atoms with van der Waals surface area (Å²) in [4.78, 5) is 0. The number of halogens is 2. The Bertz CT molecular complexity index is 563. The third kappa shape index (κ3) is 3.04. The van der Waals surface area contributed by atoms with Gasteiger partial charge >= 0.3 is 0 Å². The first-order valence-electron chi connectivity index (χ1n) is 6.13. The van der Waals surface area contributed by atoms with Gasteiger partial charge in [0.25, 0.3) is 0 Å². The highest BCUT2D eigenvalue weighted by Gasteiger charge is 2.17. The first-order valence-corrected chi connectivity index (χ1v) is 6.93. The van der Waals surface area contributed by atoms with Gasteiger partial charge in [-0.05, 0) is 47.6 Å². The number of aromatic nitrogens is 2. The lowest BCUT2D eigenvalue weighted by atomic mass is 10.0. The molecule has 0 aliphatic carbocycles. The van der Waals surface area contributed by atoms with Crippen LogP contribution in [0, 0.1) is 12.7 Å². The first-order chi connectivity index (χ1) is 9.02. The van der Waals surface area contributed by atoms with E-state index < -0.39 is 0 Å². The SMILES string of the molecule is CNC(Cc1c(Br)c(C)nn1C)c1ccc(F)cc1. The van der Waals surface area contributed by atoms with E-state index in [2.05, 4.69) is 26.3 Å². The predicted molar refractivity (Wildman–Crippen MR) is 77.5 cm³/mol. The molecular formula is C14H17BrFN3. The van der Waals surface area contributed by atoms with Crippen LogP contribution in [0.3, 0.4) is 0 Å². The zero-order valence-corrected chi connectivity index (χ0v) is 12.8. The van der Waals surface area contributed by atoms with Gasteiger partial charge < -0.3 is 5.32 Å². The summed E-state index contributed by atoms with van der Waals surface area (Å²) in [5, 5.41) is 7.65. The number of nitrogens with one attached hydrogen (secondary N) is 1. The molecule has 1 N–H and O–H groups in total. The minimum absolute atomic E-state index is 0.131. The van der Waals surface area contributed by atoms with E-state index >= 15 is 0 Å². The molecule has 0 fully saturated rings. The average Bonchev–Trinajstić information content (AvgIpc) is 2.63. The number of rotatable bonds is 4. The number of nitrogens with zero attached hydrogens (tertiary/aromatic N) is 2. The third-order valence-corrected chi connectivity index (χ3v) is 4.31. The fourth-order valence-corrected chi connectivity index (χ4v) is 2.67. The van der Waals surface area contributed by atoms with Crippen LogP contribution >= 0.6 is 15.9 Å². The van der Waals surface area contributed by atoms with Crippen molar-refractivity contribution in [2.45, 2.75) is 19.4 Å². The summed E-state index contributed by atoms with van der Waals surface area (Å²) in [6.45, 7) is 1.97. The van der Waals surface area contributed by atoms with E-state index in [1.807, 2.05) is 37.8 Å². The fraction of sp³-hybridized carbons (Fsp3) is 0.357. The second-order valence-corrected chi connectivity index (χ2v) is 5.36. The van der Waals surface area contributed by atoms with Crippen LogP contribution in [0.15, 0.2) is 28.7 Å². The zero-order valence-electron chi connectivity index (χ0n) is 11.2. The normalized spacial score (nSPS) is 12.7. The summed E-state index contributed by atoms with van der Waals surface area (Å²) in [6.07, 6.45) is 0.792. The summed E-state index contributed by atoms with van der Waals surface area (Å²) in [5.74, 6) is -0.212. The number of benzene rings is 1. The van der Waals surface area contributed by atoms with E-state index in [1.165, 1.54) is 12.1 Å². The van der Waals surface area contributed by atoms with Crippen molar-refractivity contribution in [3.05, 3.63) is 51.5 Å². The van der Waals surface area contributed by atoms with Crippen LogP contribution in [0.1, 0.15) is 23.0 Å². The Labute approximate surface area is 121 Å². The minimum Gasteiger partial charge on any atom is -0.313 e. The molecule has 0 spiro atoms. The molecule has 0 bridgehead atoms. The van der Waals surface area contributed by atoms with Crippen LogP contribution in [0.4, 0.5) is 4.39 Å². The number of aryl methyl sites for hydroxylation is 2. The number of hydrogen-bond donors (Lipinski definition) is 1. The molecule has 1 heterocycles. The number of likely N-dealkylation sites (N-methyl/N-ethyl adjacent to an activating group) is 1. The molecule has 1 unspecified atom stereocenters. The molecule has 1 atom stereocenters. The van der Waals surface area contributed by atoms with Crippen molar-refractivity contribution in [2.75, 3.05) is 7.05 Å². The molecule has 5 heteroatoms. The summed E-state index contributed by atoms with van der Waals surface area (Å²) in [5.41, 5.74) is 3.17. The maximum absolute atomic E-state index is 13.0. The van der Waals surface area contributed by atoms with Crippen molar-refractivity contribution in [1.29, 1.82) is 0 Å². The highest BCUT2D eigenvalue weighted by molar-refractivity contribution is 9.10. The monoisotopic (exact) mass is 325 g/mol. The van der Waals surface area contributed by atoms with Crippen molar-refractivity contribution in [1.82, 2.24) is 15.1 Å². The molecule has 2 rings (SSSR count). The molecule has 0 saturated carbocycles. The summed E-state index contributed by atoms with van der Waals surface area (Å²) in [6, 6.07) is 6.74. The van der Waals surface area contributed by atoms with Crippen LogP contribution in [0.2, 0.25) is 0 Å². The Hall–Kier alpha value is -1.20. The smallest absolute Gasteiger partial charge is 0.123 e. The molecule has 1 aromatic heterocycles. The van der Waals surface area contributed by atoms with Crippen LogP contribution in [0.5, 0.6) is 0 Å². The topological polar surface area (TPSA) is 29.9 Å². The largest absolute Gasteiger partial charge is 0.313 e. The lowest BCUT2D eigenvalue weighted by Crippen LogP contribution is -2.20. The van der Waals surface area contributed by atoms with Crippen molar-refractivity contribution >= 4 is 15.9 Å². The van der Waals surface area contributed by atoms with E-state index in [0.717, 1.165) is 27.8 Å². The van der Waals surface area contributed by atoms with Crippen LogP contribution in [-0.4, -0.2) is 16.8 Å². The van der Waals surface area contributed by atoms with Crippen molar-refractivity contribution in [3.8, 4) is 0 Å². The van der Waals surface area contributed by atoms with Gasteiger partial charge in [0.1, 0.15) is 5.82 Å². The molecule has 0 aliphatic rings. The Morgan fingerprint density at radius 1 is 1.37 bits per heavy atom. The molecule has 0 amide bonds. The van der Waals surface area contributed by atoms with Crippen molar-refractivity contribution in [3.63, 3.8) is 0 Å². The van der Waals surface area contributed by atoms with E-state index in [-0.39, 0.29) is 11.9 Å². The maximum atomic E-state index is 13.0. The summed E-state index contributed by atoms with van der Waals surface area (Å²) in [7, 11) is 3.84. The molecular weight excluding hydrogens is 309 g/mol. The standard InChI is InChI=1S/C14H17BrFN3/c1-9-14(15)13(19(3)18-9)8-12(17-2)10-4-6-11(16)7-5-10/h4-7,12,17H,8H2,1-3H3. The van der Waals surface area contributed by atoms with Gasteiger partial charge in [-0.2, -0.15) is 5.10 Å². The van der Waals surface area contributed by atoms with Crippen molar-refractivity contribution < 1.29 is 4.39 Å². The van der Waals surface area contributed by atoms with Crippen molar-refractivity contribution in [2.24, 2.45) is 7.05 Å². The first kappa shape index (κ1) is 14.2. The Kier molecular flexibility index (Phi) is 4.37.